The fourth-order valence-electron chi connectivity index (χ4n) is 1.29. The van der Waals surface area contributed by atoms with Crippen LogP contribution in [0.2, 0.25) is 0 Å². The summed E-state index contributed by atoms with van der Waals surface area (Å²) in [5.74, 6) is 0.650. The van der Waals surface area contributed by atoms with E-state index in [0.717, 1.165) is 5.56 Å². The molecule has 0 amide bonds. The van der Waals surface area contributed by atoms with Gasteiger partial charge in [0.05, 0.1) is 12.7 Å². The van der Waals surface area contributed by atoms with Crippen molar-refractivity contribution in [1.82, 2.24) is 10.1 Å². The summed E-state index contributed by atoms with van der Waals surface area (Å²) in [5, 5.41) is 3.78. The van der Waals surface area contributed by atoms with Crippen LogP contribution in [0.4, 0.5) is 0 Å². The topological polar surface area (TPSA) is 65.2 Å². The summed E-state index contributed by atoms with van der Waals surface area (Å²) in [6.07, 6.45) is 0. The van der Waals surface area contributed by atoms with Gasteiger partial charge in [0.15, 0.2) is 0 Å². The van der Waals surface area contributed by atoms with Crippen LogP contribution in [0.5, 0.6) is 0 Å². The van der Waals surface area contributed by atoms with Gasteiger partial charge < -0.3 is 9.26 Å². The number of ether oxygens (including phenoxy) is 1. The summed E-state index contributed by atoms with van der Waals surface area (Å²) >= 11 is 0. The number of methoxy groups -OCH3 is 1. The molecule has 2 aromatic rings. The zero-order valence-electron chi connectivity index (χ0n) is 8.93. The van der Waals surface area contributed by atoms with Crippen LogP contribution in [0.25, 0.3) is 11.4 Å². The highest BCUT2D eigenvalue weighted by Crippen LogP contribution is 2.16. The minimum Gasteiger partial charge on any atom is -0.465 e. The van der Waals surface area contributed by atoms with Gasteiger partial charge in [-0.25, -0.2) is 4.79 Å². The molecule has 0 aliphatic carbocycles. The maximum absolute atomic E-state index is 11.2. The van der Waals surface area contributed by atoms with Crippen molar-refractivity contribution in [3.8, 4) is 11.4 Å². The van der Waals surface area contributed by atoms with Crippen LogP contribution in [0.1, 0.15) is 16.2 Å². The minimum absolute atomic E-state index is 0.365. The largest absolute Gasteiger partial charge is 0.465 e. The first-order valence-electron chi connectivity index (χ1n) is 4.70. The van der Waals surface area contributed by atoms with E-state index in [1.165, 1.54) is 7.11 Å². The molecule has 2 rings (SSSR count). The highest BCUT2D eigenvalue weighted by atomic mass is 16.5. The lowest BCUT2D eigenvalue weighted by atomic mass is 10.1. The number of carbonyl (C=O) groups excluding carboxylic acids is 1. The maximum atomic E-state index is 11.2. The minimum atomic E-state index is -0.365. The Bertz CT molecular complexity index is 502. The number of esters is 1. The normalized spacial score (nSPS) is 10.1. The Balaban J connectivity index is 2.29. The highest BCUT2D eigenvalue weighted by molar-refractivity contribution is 5.89. The van der Waals surface area contributed by atoms with Crippen molar-refractivity contribution in [2.75, 3.05) is 7.11 Å². The first-order chi connectivity index (χ1) is 7.70. The lowest BCUT2D eigenvalue weighted by Crippen LogP contribution is -2.00. The van der Waals surface area contributed by atoms with Crippen LogP contribution in [0, 0.1) is 6.92 Å². The monoisotopic (exact) mass is 218 g/mol. The molecule has 5 nitrogen and oxygen atoms in total. The van der Waals surface area contributed by atoms with Crippen LogP contribution in [-0.2, 0) is 4.74 Å². The Morgan fingerprint density at radius 3 is 2.50 bits per heavy atom. The van der Waals surface area contributed by atoms with E-state index in [1.807, 2.05) is 0 Å². The molecule has 0 saturated heterocycles. The summed E-state index contributed by atoms with van der Waals surface area (Å²) < 4.78 is 9.46. The van der Waals surface area contributed by atoms with E-state index in [9.17, 15) is 4.79 Å². The molecule has 0 unspecified atom stereocenters. The van der Waals surface area contributed by atoms with Crippen LogP contribution >= 0.6 is 0 Å². The number of hydrogen-bond donors (Lipinski definition) is 0. The molecule has 1 heterocycles. The lowest BCUT2D eigenvalue weighted by molar-refractivity contribution is 0.0601. The summed E-state index contributed by atoms with van der Waals surface area (Å²) in [6, 6.07) is 6.81. The SMILES string of the molecule is COC(=O)c1ccc(-c2noc(C)n2)cc1. The van der Waals surface area contributed by atoms with E-state index in [-0.39, 0.29) is 5.97 Å². The van der Waals surface area contributed by atoms with E-state index in [1.54, 1.807) is 31.2 Å². The quantitative estimate of drug-likeness (QED) is 0.719. The Kier molecular flexibility index (Phi) is 2.68. The molecule has 0 radical (unpaired) electrons. The number of aryl methyl sites for hydroxylation is 1. The fourth-order valence-corrected chi connectivity index (χ4v) is 1.29. The number of hydrogen-bond acceptors (Lipinski definition) is 5. The predicted octanol–water partition coefficient (Wildman–Crippen LogP) is 1.83. The number of rotatable bonds is 2. The number of nitrogens with zero attached hydrogens (tertiary/aromatic N) is 2. The molecule has 0 spiro atoms. The molecular formula is C11H10N2O3. The second-order valence-electron chi connectivity index (χ2n) is 3.21. The van der Waals surface area contributed by atoms with Crippen molar-refractivity contribution >= 4 is 5.97 Å². The second-order valence-corrected chi connectivity index (χ2v) is 3.21. The van der Waals surface area contributed by atoms with E-state index >= 15 is 0 Å². The summed E-state index contributed by atoms with van der Waals surface area (Å²) in [4.78, 5) is 15.3. The highest BCUT2D eigenvalue weighted by Gasteiger charge is 2.08. The molecule has 1 aromatic carbocycles. The van der Waals surface area contributed by atoms with Gasteiger partial charge in [0.25, 0.3) is 0 Å². The average molecular weight is 218 g/mol. The summed E-state index contributed by atoms with van der Waals surface area (Å²) in [7, 11) is 1.35. The first-order valence-corrected chi connectivity index (χ1v) is 4.70. The van der Waals surface area contributed by atoms with E-state index in [2.05, 4.69) is 14.9 Å². The zero-order valence-corrected chi connectivity index (χ0v) is 8.93. The number of benzene rings is 1. The molecule has 82 valence electrons. The molecule has 0 atom stereocenters. The molecule has 0 aliphatic heterocycles. The molecule has 0 N–H and O–H groups in total. The Labute approximate surface area is 92.0 Å². The van der Waals surface area contributed by atoms with Crippen molar-refractivity contribution in [1.29, 1.82) is 0 Å². The Hall–Kier alpha value is -2.17. The number of aromatic nitrogens is 2. The first kappa shape index (κ1) is 10.4. The van der Waals surface area contributed by atoms with Crippen LogP contribution < -0.4 is 0 Å². The van der Waals surface area contributed by atoms with Crippen LogP contribution in [-0.4, -0.2) is 23.2 Å². The lowest BCUT2D eigenvalue weighted by Gasteiger charge is -1.99. The second kappa shape index (κ2) is 4.14. The van der Waals surface area contributed by atoms with Gasteiger partial charge in [-0.15, -0.1) is 0 Å². The molecule has 5 heteroatoms. The Morgan fingerprint density at radius 2 is 2.00 bits per heavy atom. The van der Waals surface area contributed by atoms with Crippen molar-refractivity contribution in [3.63, 3.8) is 0 Å². The third kappa shape index (κ3) is 1.93. The van der Waals surface area contributed by atoms with Crippen molar-refractivity contribution in [2.24, 2.45) is 0 Å². The fraction of sp³-hybridized carbons (Fsp3) is 0.182. The molecule has 16 heavy (non-hydrogen) atoms. The van der Waals surface area contributed by atoms with E-state index in [4.69, 9.17) is 4.52 Å². The van der Waals surface area contributed by atoms with Crippen LogP contribution in [0.15, 0.2) is 28.8 Å². The molecular weight excluding hydrogens is 208 g/mol. The van der Waals surface area contributed by atoms with Gasteiger partial charge in [0.1, 0.15) is 0 Å². The van der Waals surface area contributed by atoms with E-state index < -0.39 is 0 Å². The molecule has 0 saturated carbocycles. The maximum Gasteiger partial charge on any atom is 0.337 e. The number of carbonyl (C=O) groups is 1. The smallest absolute Gasteiger partial charge is 0.337 e. The molecule has 1 aromatic heterocycles. The third-order valence-electron chi connectivity index (χ3n) is 2.09. The van der Waals surface area contributed by atoms with Crippen molar-refractivity contribution in [2.45, 2.75) is 6.92 Å². The van der Waals surface area contributed by atoms with Gasteiger partial charge >= 0.3 is 5.97 Å². The molecule has 0 aliphatic rings. The summed E-state index contributed by atoms with van der Waals surface area (Å²) in [5.41, 5.74) is 1.29. The average Bonchev–Trinajstić information content (AvgIpc) is 2.75. The molecule has 0 fully saturated rings. The van der Waals surface area contributed by atoms with Gasteiger partial charge in [-0.3, -0.25) is 0 Å². The van der Waals surface area contributed by atoms with Crippen LogP contribution in [0.3, 0.4) is 0 Å². The van der Waals surface area contributed by atoms with Gasteiger partial charge in [-0.1, -0.05) is 17.3 Å². The molecule has 0 bridgehead atoms. The van der Waals surface area contributed by atoms with Gasteiger partial charge in [-0.2, -0.15) is 4.98 Å². The van der Waals surface area contributed by atoms with Gasteiger partial charge in [0, 0.05) is 12.5 Å². The van der Waals surface area contributed by atoms with E-state index in [0.29, 0.717) is 17.3 Å². The Morgan fingerprint density at radius 1 is 1.31 bits per heavy atom. The standard InChI is InChI=1S/C11H10N2O3/c1-7-12-10(13-16-7)8-3-5-9(6-4-8)11(14)15-2/h3-6H,1-2H3. The third-order valence-corrected chi connectivity index (χ3v) is 2.09. The summed E-state index contributed by atoms with van der Waals surface area (Å²) in [6.45, 7) is 1.72. The van der Waals surface area contributed by atoms with Crippen molar-refractivity contribution < 1.29 is 14.1 Å². The van der Waals surface area contributed by atoms with Gasteiger partial charge in [0.2, 0.25) is 11.7 Å². The predicted molar refractivity (Wildman–Crippen MR) is 55.8 cm³/mol. The zero-order chi connectivity index (χ0) is 11.5. The van der Waals surface area contributed by atoms with Gasteiger partial charge in [-0.05, 0) is 12.1 Å². The van der Waals surface area contributed by atoms with Crippen molar-refractivity contribution in [3.05, 3.63) is 35.7 Å².